The number of amides is 1. The van der Waals surface area contributed by atoms with Gasteiger partial charge in [-0.25, -0.2) is 0 Å². The molecule has 1 aliphatic rings. The Morgan fingerprint density at radius 1 is 1.56 bits per heavy atom. The fourth-order valence-corrected chi connectivity index (χ4v) is 2.11. The van der Waals surface area contributed by atoms with Gasteiger partial charge < -0.3 is 15.0 Å². The Kier molecular flexibility index (Phi) is 4.74. The standard InChI is InChI=1S/C12H24N2O2/c1-5-13-10(2)8-11(15)14-6-7-16-9-12(14,3)4/h10,13H,5-9H2,1-4H3. The summed E-state index contributed by atoms with van der Waals surface area (Å²) >= 11 is 0. The van der Waals surface area contributed by atoms with Crippen LogP contribution in [-0.4, -0.2) is 48.7 Å². The largest absolute Gasteiger partial charge is 0.377 e. The first-order valence-corrected chi connectivity index (χ1v) is 6.09. The maximum absolute atomic E-state index is 12.1. The summed E-state index contributed by atoms with van der Waals surface area (Å²) in [5, 5.41) is 3.26. The minimum Gasteiger partial charge on any atom is -0.377 e. The van der Waals surface area contributed by atoms with Gasteiger partial charge in [0.15, 0.2) is 0 Å². The highest BCUT2D eigenvalue weighted by Gasteiger charge is 2.34. The second-order valence-electron chi connectivity index (χ2n) is 5.07. The SMILES string of the molecule is CCNC(C)CC(=O)N1CCOCC1(C)C. The van der Waals surface area contributed by atoms with Gasteiger partial charge >= 0.3 is 0 Å². The minimum absolute atomic E-state index is 0.165. The van der Waals surface area contributed by atoms with Gasteiger partial charge in [-0.15, -0.1) is 0 Å². The van der Waals surface area contributed by atoms with Crippen molar-refractivity contribution < 1.29 is 9.53 Å². The molecule has 1 rings (SSSR count). The van der Waals surface area contributed by atoms with E-state index in [2.05, 4.69) is 33.0 Å². The summed E-state index contributed by atoms with van der Waals surface area (Å²) in [5.74, 6) is 0.224. The summed E-state index contributed by atoms with van der Waals surface area (Å²) < 4.78 is 5.41. The van der Waals surface area contributed by atoms with Crippen LogP contribution in [0.25, 0.3) is 0 Å². The van der Waals surface area contributed by atoms with Crippen LogP contribution in [0, 0.1) is 0 Å². The number of nitrogens with zero attached hydrogens (tertiary/aromatic N) is 1. The van der Waals surface area contributed by atoms with Crippen LogP contribution in [0.4, 0.5) is 0 Å². The van der Waals surface area contributed by atoms with Crippen molar-refractivity contribution in [3.63, 3.8) is 0 Å². The van der Waals surface area contributed by atoms with Crippen LogP contribution in [0.5, 0.6) is 0 Å². The second kappa shape index (κ2) is 5.64. The van der Waals surface area contributed by atoms with Crippen LogP contribution in [0.2, 0.25) is 0 Å². The summed E-state index contributed by atoms with van der Waals surface area (Å²) in [7, 11) is 0. The van der Waals surface area contributed by atoms with E-state index in [9.17, 15) is 4.79 Å². The molecule has 4 nitrogen and oxygen atoms in total. The molecule has 0 aromatic heterocycles. The van der Waals surface area contributed by atoms with E-state index < -0.39 is 0 Å². The number of carbonyl (C=O) groups excluding carboxylic acids is 1. The predicted octanol–water partition coefficient (Wildman–Crippen LogP) is 1.01. The molecule has 1 unspecified atom stereocenters. The summed E-state index contributed by atoms with van der Waals surface area (Å²) in [6.07, 6.45) is 0.567. The highest BCUT2D eigenvalue weighted by molar-refractivity contribution is 5.77. The average Bonchev–Trinajstić information content (AvgIpc) is 2.16. The van der Waals surface area contributed by atoms with Gasteiger partial charge in [-0.05, 0) is 27.3 Å². The number of hydrogen-bond donors (Lipinski definition) is 1. The molecule has 0 radical (unpaired) electrons. The lowest BCUT2D eigenvalue weighted by atomic mass is 10.0. The van der Waals surface area contributed by atoms with E-state index in [1.54, 1.807) is 0 Å². The molecule has 4 heteroatoms. The van der Waals surface area contributed by atoms with Gasteiger partial charge in [-0.1, -0.05) is 6.92 Å². The molecule has 0 spiro atoms. The molecular formula is C12H24N2O2. The molecule has 1 N–H and O–H groups in total. The maximum Gasteiger partial charge on any atom is 0.224 e. The first-order valence-electron chi connectivity index (χ1n) is 6.09. The molecule has 1 amide bonds. The van der Waals surface area contributed by atoms with E-state index in [-0.39, 0.29) is 17.5 Å². The van der Waals surface area contributed by atoms with E-state index in [1.165, 1.54) is 0 Å². The van der Waals surface area contributed by atoms with Gasteiger partial charge in [0.2, 0.25) is 5.91 Å². The van der Waals surface area contributed by atoms with Crippen molar-refractivity contribution in [3.8, 4) is 0 Å². The van der Waals surface area contributed by atoms with Gasteiger partial charge in [0.25, 0.3) is 0 Å². The van der Waals surface area contributed by atoms with E-state index >= 15 is 0 Å². The van der Waals surface area contributed by atoms with Crippen molar-refractivity contribution in [2.45, 2.75) is 45.7 Å². The van der Waals surface area contributed by atoms with Crippen LogP contribution in [-0.2, 0) is 9.53 Å². The third-order valence-corrected chi connectivity index (χ3v) is 2.98. The number of ether oxygens (including phenoxy) is 1. The molecule has 0 saturated carbocycles. The Morgan fingerprint density at radius 2 is 2.25 bits per heavy atom. The smallest absolute Gasteiger partial charge is 0.224 e. The lowest BCUT2D eigenvalue weighted by molar-refractivity contribution is -0.146. The van der Waals surface area contributed by atoms with Gasteiger partial charge in [0.1, 0.15) is 0 Å². The molecule has 0 aromatic carbocycles. The van der Waals surface area contributed by atoms with E-state index in [1.807, 2.05) is 4.90 Å². The second-order valence-corrected chi connectivity index (χ2v) is 5.07. The molecule has 16 heavy (non-hydrogen) atoms. The highest BCUT2D eigenvalue weighted by Crippen LogP contribution is 2.20. The molecular weight excluding hydrogens is 204 g/mol. The molecule has 94 valence electrons. The molecule has 0 aromatic rings. The number of morpholine rings is 1. The molecule has 0 aliphatic carbocycles. The third-order valence-electron chi connectivity index (χ3n) is 2.98. The topological polar surface area (TPSA) is 41.6 Å². The van der Waals surface area contributed by atoms with Gasteiger partial charge in [-0.2, -0.15) is 0 Å². The Balaban J connectivity index is 2.51. The Bertz CT molecular complexity index is 241. The van der Waals surface area contributed by atoms with Crippen LogP contribution >= 0.6 is 0 Å². The first kappa shape index (κ1) is 13.5. The Labute approximate surface area is 98.3 Å². The van der Waals surface area contributed by atoms with Crippen molar-refractivity contribution in [1.29, 1.82) is 0 Å². The van der Waals surface area contributed by atoms with Crippen LogP contribution in [0.15, 0.2) is 0 Å². The van der Waals surface area contributed by atoms with Crippen molar-refractivity contribution in [2.75, 3.05) is 26.3 Å². The quantitative estimate of drug-likeness (QED) is 0.781. The highest BCUT2D eigenvalue weighted by atomic mass is 16.5. The van der Waals surface area contributed by atoms with E-state index in [0.29, 0.717) is 26.2 Å². The lowest BCUT2D eigenvalue weighted by Crippen LogP contribution is -2.56. The molecule has 1 atom stereocenters. The zero-order chi connectivity index (χ0) is 12.2. The molecule has 1 fully saturated rings. The first-order chi connectivity index (χ1) is 7.47. The lowest BCUT2D eigenvalue weighted by Gasteiger charge is -2.42. The summed E-state index contributed by atoms with van der Waals surface area (Å²) in [6.45, 7) is 11.1. The number of rotatable bonds is 4. The van der Waals surface area contributed by atoms with Crippen molar-refractivity contribution in [3.05, 3.63) is 0 Å². The molecule has 0 bridgehead atoms. The molecule has 1 aliphatic heterocycles. The normalized spacial score (nSPS) is 21.9. The third kappa shape index (κ3) is 3.46. The van der Waals surface area contributed by atoms with Crippen LogP contribution in [0.3, 0.4) is 0 Å². The van der Waals surface area contributed by atoms with Crippen molar-refractivity contribution >= 4 is 5.91 Å². The van der Waals surface area contributed by atoms with Crippen LogP contribution in [0.1, 0.15) is 34.1 Å². The van der Waals surface area contributed by atoms with E-state index in [4.69, 9.17) is 4.74 Å². The van der Waals surface area contributed by atoms with E-state index in [0.717, 1.165) is 6.54 Å². The van der Waals surface area contributed by atoms with Gasteiger partial charge in [-0.3, -0.25) is 4.79 Å². The fraction of sp³-hybridized carbons (Fsp3) is 0.917. The van der Waals surface area contributed by atoms with Gasteiger partial charge in [0, 0.05) is 19.0 Å². The number of hydrogen-bond acceptors (Lipinski definition) is 3. The van der Waals surface area contributed by atoms with Crippen molar-refractivity contribution in [2.24, 2.45) is 0 Å². The summed E-state index contributed by atoms with van der Waals surface area (Å²) in [4.78, 5) is 14.1. The zero-order valence-electron chi connectivity index (χ0n) is 10.9. The minimum atomic E-state index is -0.165. The van der Waals surface area contributed by atoms with Crippen molar-refractivity contribution in [1.82, 2.24) is 10.2 Å². The fourth-order valence-electron chi connectivity index (χ4n) is 2.11. The summed E-state index contributed by atoms with van der Waals surface area (Å²) in [5.41, 5.74) is -0.165. The summed E-state index contributed by atoms with van der Waals surface area (Å²) in [6, 6.07) is 0.246. The molecule has 1 saturated heterocycles. The molecule has 1 heterocycles. The number of carbonyl (C=O) groups is 1. The Hall–Kier alpha value is -0.610. The maximum atomic E-state index is 12.1. The monoisotopic (exact) mass is 228 g/mol. The van der Waals surface area contributed by atoms with Crippen LogP contribution < -0.4 is 5.32 Å². The zero-order valence-corrected chi connectivity index (χ0v) is 10.9. The predicted molar refractivity (Wildman–Crippen MR) is 64.4 cm³/mol. The average molecular weight is 228 g/mol. The Morgan fingerprint density at radius 3 is 2.81 bits per heavy atom. The van der Waals surface area contributed by atoms with Gasteiger partial charge in [0.05, 0.1) is 18.8 Å². The number of nitrogens with one attached hydrogen (secondary N) is 1.